The van der Waals surface area contributed by atoms with E-state index < -0.39 is 11.9 Å². The number of hydrogen-bond acceptors (Lipinski definition) is 4. The monoisotopic (exact) mass is 362 g/mol. The van der Waals surface area contributed by atoms with Crippen LogP contribution in [0.2, 0.25) is 0 Å². The number of carbonyl (C=O) groups is 3. The van der Waals surface area contributed by atoms with Gasteiger partial charge in [0.05, 0.1) is 5.56 Å². The van der Waals surface area contributed by atoms with E-state index >= 15 is 0 Å². The van der Waals surface area contributed by atoms with E-state index in [4.69, 9.17) is 16.2 Å². The fourth-order valence-electron chi connectivity index (χ4n) is 1.78. The van der Waals surface area contributed by atoms with Crippen LogP contribution in [0.3, 0.4) is 0 Å². The molecule has 0 heterocycles. The highest BCUT2D eigenvalue weighted by atomic mass is 16.4. The van der Waals surface area contributed by atoms with E-state index in [1.807, 2.05) is 0 Å². The standard InChI is InChI=1S/C16H22N6O4/c1-22(2)16(18)21-15(17)20-13(24)5-3-4-12(23)19-11-8-6-10(7-9-11)14(25)26/h6-9H,3-5H2,1-2H3,(H,19,23)(H,25,26)(H4,17,18,20,21,24). The zero-order valence-electron chi connectivity index (χ0n) is 14.6. The van der Waals surface area contributed by atoms with Crippen molar-refractivity contribution in [2.75, 3.05) is 19.4 Å². The minimum atomic E-state index is -1.04. The molecule has 1 aromatic rings. The van der Waals surface area contributed by atoms with Crippen molar-refractivity contribution in [1.82, 2.24) is 10.2 Å². The molecule has 0 aromatic heterocycles. The second kappa shape index (κ2) is 9.77. The average molecular weight is 362 g/mol. The molecule has 1 aromatic carbocycles. The van der Waals surface area contributed by atoms with E-state index in [9.17, 15) is 14.4 Å². The Labute approximate surface area is 150 Å². The summed E-state index contributed by atoms with van der Waals surface area (Å²) in [4.78, 5) is 39.4. The number of nitrogens with two attached hydrogens (primary N) is 1. The molecule has 0 fully saturated rings. The molecule has 0 atom stereocenters. The molecule has 6 N–H and O–H groups in total. The molecule has 2 amide bonds. The molecular formula is C16H22N6O4. The van der Waals surface area contributed by atoms with Crippen LogP contribution in [0.25, 0.3) is 0 Å². The Kier molecular flexibility index (Phi) is 7.74. The van der Waals surface area contributed by atoms with Gasteiger partial charge in [0.15, 0.2) is 0 Å². The number of benzene rings is 1. The van der Waals surface area contributed by atoms with Crippen molar-refractivity contribution in [3.63, 3.8) is 0 Å². The van der Waals surface area contributed by atoms with Gasteiger partial charge in [-0.2, -0.15) is 4.99 Å². The molecule has 0 spiro atoms. The van der Waals surface area contributed by atoms with Crippen LogP contribution in [0.4, 0.5) is 5.69 Å². The van der Waals surface area contributed by atoms with E-state index in [2.05, 4.69) is 15.6 Å². The molecule has 140 valence electrons. The molecule has 26 heavy (non-hydrogen) atoms. The molecule has 0 saturated heterocycles. The third kappa shape index (κ3) is 7.43. The van der Waals surface area contributed by atoms with Crippen molar-refractivity contribution in [3.8, 4) is 0 Å². The lowest BCUT2D eigenvalue weighted by Crippen LogP contribution is -2.38. The SMILES string of the molecule is CN(C)C(=N)N=C(N)NC(=O)CCCC(=O)Nc1ccc(C(=O)O)cc1. The molecule has 0 radical (unpaired) electrons. The summed E-state index contributed by atoms with van der Waals surface area (Å²) in [7, 11) is 3.24. The van der Waals surface area contributed by atoms with Gasteiger partial charge >= 0.3 is 5.97 Å². The first kappa shape index (κ1) is 20.6. The third-order valence-electron chi connectivity index (χ3n) is 3.14. The smallest absolute Gasteiger partial charge is 0.335 e. The van der Waals surface area contributed by atoms with Gasteiger partial charge in [-0.1, -0.05) is 0 Å². The number of hydrogen-bond donors (Lipinski definition) is 5. The van der Waals surface area contributed by atoms with Gasteiger partial charge in [0, 0.05) is 32.6 Å². The summed E-state index contributed by atoms with van der Waals surface area (Å²) >= 11 is 0. The fraction of sp³-hybridized carbons (Fsp3) is 0.312. The van der Waals surface area contributed by atoms with E-state index in [1.54, 1.807) is 14.1 Å². The number of anilines is 1. The summed E-state index contributed by atoms with van der Waals surface area (Å²) in [6, 6.07) is 5.76. The zero-order chi connectivity index (χ0) is 19.7. The van der Waals surface area contributed by atoms with Gasteiger partial charge in [0.1, 0.15) is 0 Å². The predicted octanol–water partition coefficient (Wildman–Crippen LogP) is 0.421. The van der Waals surface area contributed by atoms with Crippen molar-refractivity contribution < 1.29 is 19.5 Å². The van der Waals surface area contributed by atoms with Crippen LogP contribution in [0, 0.1) is 5.41 Å². The van der Waals surface area contributed by atoms with Gasteiger partial charge in [-0.25, -0.2) is 4.79 Å². The first-order valence-corrected chi connectivity index (χ1v) is 7.72. The number of carbonyl (C=O) groups excluding carboxylic acids is 2. The molecule has 0 aliphatic rings. The third-order valence-corrected chi connectivity index (χ3v) is 3.14. The lowest BCUT2D eigenvalue weighted by molar-refractivity contribution is -0.120. The zero-order valence-corrected chi connectivity index (χ0v) is 14.6. The Balaban J connectivity index is 2.35. The summed E-state index contributed by atoms with van der Waals surface area (Å²) in [6.07, 6.45) is 0.471. The molecule has 0 saturated carbocycles. The number of carboxylic acid groups (broad SMARTS) is 1. The first-order chi connectivity index (χ1) is 12.2. The van der Waals surface area contributed by atoms with Crippen LogP contribution in [-0.4, -0.2) is 53.8 Å². The van der Waals surface area contributed by atoms with E-state index in [0.29, 0.717) is 12.1 Å². The number of carboxylic acids is 1. The van der Waals surface area contributed by atoms with Crippen molar-refractivity contribution in [2.45, 2.75) is 19.3 Å². The van der Waals surface area contributed by atoms with E-state index in [-0.39, 0.29) is 36.2 Å². The molecule has 0 aliphatic carbocycles. The summed E-state index contributed by atoms with van der Waals surface area (Å²) in [5, 5.41) is 21.2. The molecule has 0 bridgehead atoms. The van der Waals surface area contributed by atoms with Crippen LogP contribution < -0.4 is 16.4 Å². The predicted molar refractivity (Wildman–Crippen MR) is 97.1 cm³/mol. The Hall–Kier alpha value is -3.43. The van der Waals surface area contributed by atoms with Crippen LogP contribution in [0.1, 0.15) is 29.6 Å². The van der Waals surface area contributed by atoms with Gasteiger partial charge in [-0.3, -0.25) is 20.3 Å². The first-order valence-electron chi connectivity index (χ1n) is 7.72. The van der Waals surface area contributed by atoms with Crippen LogP contribution in [-0.2, 0) is 9.59 Å². The van der Waals surface area contributed by atoms with Crippen molar-refractivity contribution in [2.24, 2.45) is 10.7 Å². The molecule has 1 rings (SSSR count). The van der Waals surface area contributed by atoms with Gasteiger partial charge in [-0.15, -0.1) is 0 Å². The fourth-order valence-corrected chi connectivity index (χ4v) is 1.78. The average Bonchev–Trinajstić information content (AvgIpc) is 2.54. The number of amides is 2. The highest BCUT2D eigenvalue weighted by molar-refractivity contribution is 6.01. The highest BCUT2D eigenvalue weighted by Gasteiger charge is 2.08. The number of nitrogens with zero attached hydrogens (tertiary/aromatic N) is 2. The maximum atomic E-state index is 11.8. The maximum Gasteiger partial charge on any atom is 0.335 e. The Morgan fingerprint density at radius 1 is 1.15 bits per heavy atom. The second-order valence-corrected chi connectivity index (χ2v) is 5.55. The highest BCUT2D eigenvalue weighted by Crippen LogP contribution is 2.10. The number of rotatable bonds is 6. The van der Waals surface area contributed by atoms with Gasteiger partial charge in [0.2, 0.25) is 23.7 Å². The van der Waals surface area contributed by atoms with Gasteiger partial charge < -0.3 is 21.1 Å². The van der Waals surface area contributed by atoms with Crippen LogP contribution >= 0.6 is 0 Å². The van der Waals surface area contributed by atoms with Gasteiger partial charge in [0.25, 0.3) is 0 Å². The molecular weight excluding hydrogens is 340 g/mol. The molecule has 10 nitrogen and oxygen atoms in total. The number of nitrogens with one attached hydrogen (secondary N) is 3. The van der Waals surface area contributed by atoms with Crippen molar-refractivity contribution >= 4 is 35.4 Å². The largest absolute Gasteiger partial charge is 0.478 e. The molecule has 10 heteroatoms. The van der Waals surface area contributed by atoms with Gasteiger partial charge in [-0.05, 0) is 30.7 Å². The summed E-state index contributed by atoms with van der Waals surface area (Å²) < 4.78 is 0. The number of aromatic carboxylic acids is 1. The quantitative estimate of drug-likeness (QED) is 0.364. The maximum absolute atomic E-state index is 11.8. The van der Waals surface area contributed by atoms with E-state index in [1.165, 1.54) is 29.2 Å². The topological polar surface area (TPSA) is 161 Å². The number of guanidine groups is 2. The van der Waals surface area contributed by atoms with Crippen molar-refractivity contribution in [1.29, 1.82) is 5.41 Å². The minimum absolute atomic E-state index is 0.0664. The van der Waals surface area contributed by atoms with Crippen LogP contribution in [0.5, 0.6) is 0 Å². The normalized spacial score (nSPS) is 10.8. The Morgan fingerprint density at radius 2 is 1.73 bits per heavy atom. The van der Waals surface area contributed by atoms with Crippen LogP contribution in [0.15, 0.2) is 29.3 Å². The minimum Gasteiger partial charge on any atom is -0.478 e. The van der Waals surface area contributed by atoms with Crippen molar-refractivity contribution in [3.05, 3.63) is 29.8 Å². The Morgan fingerprint density at radius 3 is 2.27 bits per heavy atom. The Bertz CT molecular complexity index is 712. The second-order valence-electron chi connectivity index (χ2n) is 5.55. The summed E-state index contributed by atoms with van der Waals surface area (Å²) in [6.45, 7) is 0. The summed E-state index contributed by atoms with van der Waals surface area (Å²) in [5.74, 6) is -2.03. The molecule has 0 aliphatic heterocycles. The lowest BCUT2D eigenvalue weighted by Gasteiger charge is -2.10. The lowest BCUT2D eigenvalue weighted by atomic mass is 10.2. The summed E-state index contributed by atoms with van der Waals surface area (Å²) in [5.41, 5.74) is 6.11. The molecule has 0 unspecified atom stereocenters. The van der Waals surface area contributed by atoms with E-state index in [0.717, 1.165) is 0 Å². The number of aliphatic imine (C=N–C) groups is 1.